The van der Waals surface area contributed by atoms with E-state index in [4.69, 9.17) is 37.4 Å². The van der Waals surface area contributed by atoms with E-state index in [9.17, 15) is 14.7 Å². The van der Waals surface area contributed by atoms with E-state index < -0.39 is 5.97 Å². The maximum absolute atomic E-state index is 13.0. The number of carboxylic acid groups (broad SMARTS) is 1. The maximum atomic E-state index is 13.0. The number of rotatable bonds is 13. The Morgan fingerprint density at radius 1 is 1.21 bits per heavy atom. The van der Waals surface area contributed by atoms with Gasteiger partial charge in [-0.3, -0.25) is 4.79 Å². The molecule has 0 radical (unpaired) electrons. The maximum Gasteiger partial charge on any atom is 0.348 e. The lowest BCUT2D eigenvalue weighted by Crippen LogP contribution is -2.55. The summed E-state index contributed by atoms with van der Waals surface area (Å²) in [5.74, 6) is -1.000. The van der Waals surface area contributed by atoms with E-state index in [1.54, 1.807) is 21.1 Å². The molecule has 1 amide bonds. The van der Waals surface area contributed by atoms with Gasteiger partial charge in [-0.25, -0.2) is 19.7 Å². The van der Waals surface area contributed by atoms with Crippen molar-refractivity contribution >= 4 is 57.4 Å². The summed E-state index contributed by atoms with van der Waals surface area (Å²) in [6.07, 6.45) is 3.15. The zero-order chi connectivity index (χ0) is 30.4. The molecule has 1 fully saturated rings. The first-order valence-electron chi connectivity index (χ1n) is 13.2. The third kappa shape index (κ3) is 7.30. The summed E-state index contributed by atoms with van der Waals surface area (Å²) in [5.41, 5.74) is 1.36. The zero-order valence-corrected chi connectivity index (χ0v) is 25.9. The Bertz CT molecular complexity index is 1380. The number of aryl methyl sites for hydroxylation is 1. The van der Waals surface area contributed by atoms with Gasteiger partial charge in [0.1, 0.15) is 27.8 Å². The summed E-state index contributed by atoms with van der Waals surface area (Å²) in [5, 5.41) is 17.1. The van der Waals surface area contributed by atoms with Crippen molar-refractivity contribution < 1.29 is 28.9 Å². The first-order valence-corrected chi connectivity index (χ1v) is 14.8. The number of carbonyl (C=O) groups excluding carboxylic acids is 1. The molecule has 1 aliphatic rings. The van der Waals surface area contributed by atoms with Crippen LogP contribution >= 0.6 is 34.5 Å². The second-order valence-electron chi connectivity index (χ2n) is 9.58. The van der Waals surface area contributed by atoms with Crippen LogP contribution in [0.3, 0.4) is 0 Å². The molecule has 3 aromatic rings. The molecule has 42 heavy (non-hydrogen) atoms. The van der Waals surface area contributed by atoms with Gasteiger partial charge in [-0.15, -0.1) is 0 Å². The summed E-state index contributed by atoms with van der Waals surface area (Å²) < 4.78 is 16.4. The zero-order valence-electron chi connectivity index (χ0n) is 23.6. The number of methoxy groups -OCH3 is 2. The van der Waals surface area contributed by atoms with Crippen LogP contribution in [-0.4, -0.2) is 102 Å². The van der Waals surface area contributed by atoms with Crippen molar-refractivity contribution in [3.63, 3.8) is 0 Å². The standard InChI is InChI=1S/C26H33Cl2N7O6S/c1-5-41-17-10-35(7-6-15(17)33-24(36)22-20(28)19(27)13(2)31-22)26-34-21(23(42-26)25(37)38)16-8-30-18(9-29-16)32-14(11-39-3)12-40-4/h8-9,14-15,17,31H,5-7,10-12H2,1-4H3,(H,30,32)(H,33,36)(H,37,38)/t15-,17+/m1/s1. The number of hydrogen-bond donors (Lipinski definition) is 4. The number of anilines is 2. The lowest BCUT2D eigenvalue weighted by atomic mass is 10.0. The Morgan fingerprint density at radius 2 is 1.95 bits per heavy atom. The number of nitrogens with zero attached hydrogens (tertiary/aromatic N) is 4. The van der Waals surface area contributed by atoms with E-state index in [1.807, 2.05) is 11.8 Å². The molecule has 0 saturated carbocycles. The van der Waals surface area contributed by atoms with Gasteiger partial charge < -0.3 is 39.8 Å². The molecular weight excluding hydrogens is 609 g/mol. The van der Waals surface area contributed by atoms with Crippen LogP contribution in [0.25, 0.3) is 11.4 Å². The van der Waals surface area contributed by atoms with Crippen molar-refractivity contribution in [2.24, 2.45) is 0 Å². The van der Waals surface area contributed by atoms with Gasteiger partial charge in [0.2, 0.25) is 0 Å². The number of ether oxygens (including phenoxy) is 3. The van der Waals surface area contributed by atoms with Crippen LogP contribution in [0.4, 0.5) is 10.9 Å². The Labute approximate surface area is 256 Å². The van der Waals surface area contributed by atoms with E-state index in [0.29, 0.717) is 66.7 Å². The van der Waals surface area contributed by atoms with E-state index in [-0.39, 0.29) is 45.4 Å². The molecule has 16 heteroatoms. The monoisotopic (exact) mass is 641 g/mol. The number of amides is 1. The van der Waals surface area contributed by atoms with Crippen LogP contribution in [0.1, 0.15) is 39.2 Å². The predicted octanol–water partition coefficient (Wildman–Crippen LogP) is 3.73. The third-order valence-electron chi connectivity index (χ3n) is 6.60. The highest BCUT2D eigenvalue weighted by Crippen LogP contribution is 2.34. The van der Waals surface area contributed by atoms with Gasteiger partial charge in [-0.05, 0) is 20.3 Å². The summed E-state index contributed by atoms with van der Waals surface area (Å²) >= 11 is 13.4. The molecule has 2 atom stereocenters. The van der Waals surface area contributed by atoms with Crippen LogP contribution in [-0.2, 0) is 14.2 Å². The van der Waals surface area contributed by atoms with Gasteiger partial charge in [-0.2, -0.15) is 0 Å². The van der Waals surface area contributed by atoms with Gasteiger partial charge in [0.05, 0.1) is 53.8 Å². The number of halogens is 2. The number of aromatic nitrogens is 4. The highest BCUT2D eigenvalue weighted by Gasteiger charge is 2.34. The minimum absolute atomic E-state index is 0.0497. The van der Waals surface area contributed by atoms with Crippen molar-refractivity contribution in [3.8, 4) is 11.4 Å². The number of piperidine rings is 1. The molecule has 3 aromatic heterocycles. The first kappa shape index (κ1) is 31.9. The molecule has 0 unspecified atom stereocenters. The van der Waals surface area contributed by atoms with Gasteiger partial charge in [0, 0.05) is 39.6 Å². The van der Waals surface area contributed by atoms with Gasteiger partial charge in [0.15, 0.2) is 5.13 Å². The predicted molar refractivity (Wildman–Crippen MR) is 160 cm³/mol. The molecule has 0 spiro atoms. The lowest BCUT2D eigenvalue weighted by molar-refractivity contribution is 0.0272. The number of thiazole rings is 1. The SMILES string of the molecule is CCO[C@H]1CN(c2nc(-c3cnc(NC(COC)COC)cn3)c(C(=O)O)s2)CC[C@H]1NC(=O)c1[nH]c(C)c(Cl)c1Cl. The van der Waals surface area contributed by atoms with E-state index in [1.165, 1.54) is 12.4 Å². The molecule has 4 heterocycles. The van der Waals surface area contributed by atoms with Crippen LogP contribution in [0.15, 0.2) is 12.4 Å². The minimum atomic E-state index is -1.11. The second kappa shape index (κ2) is 14.4. The highest BCUT2D eigenvalue weighted by atomic mass is 35.5. The van der Waals surface area contributed by atoms with Crippen LogP contribution in [0.5, 0.6) is 0 Å². The number of H-pyrrole nitrogens is 1. The van der Waals surface area contributed by atoms with Gasteiger partial charge >= 0.3 is 5.97 Å². The number of carboxylic acids is 1. The average molecular weight is 643 g/mol. The largest absolute Gasteiger partial charge is 0.477 e. The molecule has 4 rings (SSSR count). The normalized spacial score (nSPS) is 17.1. The molecule has 4 N–H and O–H groups in total. The van der Waals surface area contributed by atoms with Gasteiger partial charge in [-0.1, -0.05) is 34.5 Å². The molecule has 228 valence electrons. The Morgan fingerprint density at radius 3 is 2.52 bits per heavy atom. The fourth-order valence-corrected chi connectivity index (χ4v) is 6.00. The van der Waals surface area contributed by atoms with Crippen LogP contribution < -0.4 is 15.5 Å². The number of carbonyl (C=O) groups is 2. The minimum Gasteiger partial charge on any atom is -0.477 e. The molecule has 0 aromatic carbocycles. The quantitative estimate of drug-likeness (QED) is 0.215. The summed E-state index contributed by atoms with van der Waals surface area (Å²) in [6.45, 7) is 5.74. The summed E-state index contributed by atoms with van der Waals surface area (Å²) in [6, 6.07) is -0.440. The first-order chi connectivity index (χ1) is 20.2. The molecule has 13 nitrogen and oxygen atoms in total. The van der Waals surface area contributed by atoms with Crippen LogP contribution in [0, 0.1) is 6.92 Å². The third-order valence-corrected chi connectivity index (χ3v) is 8.65. The molecule has 1 aliphatic heterocycles. The molecule has 0 aliphatic carbocycles. The Hall–Kier alpha value is -3.01. The number of nitrogens with one attached hydrogen (secondary N) is 3. The van der Waals surface area contributed by atoms with E-state index in [0.717, 1.165) is 11.3 Å². The topological polar surface area (TPSA) is 164 Å². The summed E-state index contributed by atoms with van der Waals surface area (Å²) in [7, 11) is 3.19. The van der Waals surface area contributed by atoms with Crippen LogP contribution in [0.2, 0.25) is 10.0 Å². The van der Waals surface area contributed by atoms with E-state index >= 15 is 0 Å². The highest BCUT2D eigenvalue weighted by molar-refractivity contribution is 7.17. The molecular formula is C26H33Cl2N7O6S. The smallest absolute Gasteiger partial charge is 0.348 e. The van der Waals surface area contributed by atoms with Crippen molar-refractivity contribution in [2.45, 2.75) is 38.5 Å². The van der Waals surface area contributed by atoms with Gasteiger partial charge in [0.25, 0.3) is 5.91 Å². The van der Waals surface area contributed by atoms with Crippen molar-refractivity contribution in [3.05, 3.63) is 38.7 Å². The van der Waals surface area contributed by atoms with Crippen molar-refractivity contribution in [2.75, 3.05) is 57.3 Å². The Kier molecular flexibility index (Phi) is 11.0. The lowest BCUT2D eigenvalue weighted by Gasteiger charge is -2.38. The molecule has 1 saturated heterocycles. The van der Waals surface area contributed by atoms with Crippen molar-refractivity contribution in [1.82, 2.24) is 25.3 Å². The Balaban J connectivity index is 1.50. The fourth-order valence-electron chi connectivity index (χ4n) is 4.64. The second-order valence-corrected chi connectivity index (χ2v) is 11.3. The number of aromatic amines is 1. The summed E-state index contributed by atoms with van der Waals surface area (Å²) in [4.78, 5) is 43.5. The molecule has 0 bridgehead atoms. The number of aromatic carboxylic acids is 1. The number of hydrogen-bond acceptors (Lipinski definition) is 11. The van der Waals surface area contributed by atoms with Crippen molar-refractivity contribution in [1.29, 1.82) is 0 Å². The van der Waals surface area contributed by atoms with E-state index in [2.05, 4.69) is 30.6 Å². The fraction of sp³-hybridized carbons (Fsp3) is 0.500. The average Bonchev–Trinajstić information content (AvgIpc) is 3.52.